The van der Waals surface area contributed by atoms with Crippen molar-refractivity contribution in [1.29, 1.82) is 0 Å². The van der Waals surface area contributed by atoms with Gasteiger partial charge in [-0.2, -0.15) is 0 Å². The van der Waals surface area contributed by atoms with E-state index in [1.807, 2.05) is 26.8 Å². The largest absolute Gasteiger partial charge is 0.493 e. The number of carboxylic acid groups (broad SMARTS) is 1. The Morgan fingerprint density at radius 3 is 2.60 bits per heavy atom. The molecule has 1 aromatic carbocycles. The first-order valence-electron chi connectivity index (χ1n) is 15.3. The summed E-state index contributed by atoms with van der Waals surface area (Å²) in [5.41, 5.74) is 6.36. The zero-order chi connectivity index (χ0) is 30.4. The van der Waals surface area contributed by atoms with Crippen LogP contribution in [0.2, 0.25) is 0 Å². The molecule has 1 aromatic rings. The van der Waals surface area contributed by atoms with Crippen molar-refractivity contribution in [3.05, 3.63) is 17.7 Å². The number of nitrogens with two attached hydrogens (primary N) is 1. The molecule has 0 saturated carbocycles. The van der Waals surface area contributed by atoms with Gasteiger partial charge in [0.05, 0.1) is 19.6 Å². The molecule has 2 amide bonds. The molecule has 11 nitrogen and oxygen atoms in total. The number of methoxy groups -OCH3 is 1. The number of unbranched alkanes of at least 4 members (excludes halogenated alkanes) is 2. The van der Waals surface area contributed by atoms with E-state index in [2.05, 4.69) is 20.8 Å². The number of carbonyl (C=O) groups is 3. The summed E-state index contributed by atoms with van der Waals surface area (Å²) in [4.78, 5) is 45.1. The molecule has 42 heavy (non-hydrogen) atoms. The van der Waals surface area contributed by atoms with Gasteiger partial charge in [0.1, 0.15) is 0 Å². The molecule has 11 heteroatoms. The van der Waals surface area contributed by atoms with Crippen molar-refractivity contribution >= 4 is 17.8 Å². The maximum Gasteiger partial charge on any atom is 0.308 e. The van der Waals surface area contributed by atoms with Gasteiger partial charge in [-0.3, -0.25) is 19.3 Å². The summed E-state index contributed by atoms with van der Waals surface area (Å²) in [6, 6.07) is 3.23. The van der Waals surface area contributed by atoms with Gasteiger partial charge in [-0.15, -0.1) is 0 Å². The molecule has 3 atom stereocenters. The predicted molar refractivity (Wildman–Crippen MR) is 158 cm³/mol. The number of hydrogen-bond donors (Lipinski definition) is 2. The fourth-order valence-corrected chi connectivity index (χ4v) is 6.66. The van der Waals surface area contributed by atoms with Crippen LogP contribution in [-0.2, 0) is 14.4 Å². The third kappa shape index (κ3) is 7.29. The predicted octanol–water partition coefficient (Wildman–Crippen LogP) is 2.91. The molecule has 0 spiro atoms. The minimum absolute atomic E-state index is 0.00286. The lowest BCUT2D eigenvalue weighted by Crippen LogP contribution is -2.46. The van der Waals surface area contributed by atoms with Crippen molar-refractivity contribution in [2.45, 2.75) is 71.3 Å². The number of fused-ring (bicyclic) bond motifs is 1. The van der Waals surface area contributed by atoms with Gasteiger partial charge in [-0.1, -0.05) is 27.2 Å². The van der Waals surface area contributed by atoms with Crippen LogP contribution in [0.1, 0.15) is 70.8 Å². The van der Waals surface area contributed by atoms with E-state index < -0.39 is 23.8 Å². The highest BCUT2D eigenvalue weighted by Gasteiger charge is 2.48. The first-order valence-corrected chi connectivity index (χ1v) is 15.3. The van der Waals surface area contributed by atoms with Crippen LogP contribution in [0.4, 0.5) is 0 Å². The molecule has 0 bridgehead atoms. The molecule has 0 radical (unpaired) electrons. The number of aliphatic carboxylic acids is 1. The molecule has 4 rings (SSSR count). The van der Waals surface area contributed by atoms with E-state index in [9.17, 15) is 19.5 Å². The Bertz CT molecular complexity index is 1130. The fraction of sp³-hybridized carbons (Fsp3) is 0.710. The lowest BCUT2D eigenvalue weighted by molar-refractivity contribution is -0.144. The summed E-state index contributed by atoms with van der Waals surface area (Å²) >= 11 is 0. The van der Waals surface area contributed by atoms with E-state index in [4.69, 9.17) is 19.9 Å². The Labute approximate surface area is 249 Å². The topological polar surface area (TPSA) is 135 Å². The second kappa shape index (κ2) is 13.9. The second-order valence-electron chi connectivity index (χ2n) is 12.6. The van der Waals surface area contributed by atoms with Crippen LogP contribution in [0.5, 0.6) is 17.2 Å². The Balaban J connectivity index is 1.62. The highest BCUT2D eigenvalue weighted by atomic mass is 16.7. The number of hydrogen-bond acceptors (Lipinski definition) is 8. The van der Waals surface area contributed by atoms with E-state index >= 15 is 0 Å². The first-order chi connectivity index (χ1) is 20.1. The van der Waals surface area contributed by atoms with Crippen LogP contribution < -0.4 is 19.9 Å². The van der Waals surface area contributed by atoms with E-state index in [0.717, 1.165) is 31.2 Å². The average molecular weight is 589 g/mol. The molecule has 3 N–H and O–H groups in total. The molecular formula is C31H48N4O7. The van der Waals surface area contributed by atoms with Gasteiger partial charge in [0.25, 0.3) is 0 Å². The fourth-order valence-electron chi connectivity index (χ4n) is 6.66. The Morgan fingerprint density at radius 2 is 1.95 bits per heavy atom. The van der Waals surface area contributed by atoms with Crippen molar-refractivity contribution in [3.63, 3.8) is 0 Å². The lowest BCUT2D eigenvalue weighted by atomic mass is 9.84. The standard InChI is InChI=1S/C31H48N4O7/c1-5-6-11-33(12-8-7-10-32)27(37)18-35-17-22(21-14-24(40-4)29-25(15-21)41-20-42-29)28(30(38)39)23(35)9-13-34-19-31(2,3)16-26(34)36/h14-15,22-23,28H,5-13,16-20,32H2,1-4H3,(H,38,39). The monoisotopic (exact) mass is 588 g/mol. The van der Waals surface area contributed by atoms with Gasteiger partial charge in [0, 0.05) is 51.1 Å². The summed E-state index contributed by atoms with van der Waals surface area (Å²) in [6.07, 6.45) is 4.50. The van der Waals surface area contributed by atoms with E-state index in [1.165, 1.54) is 0 Å². The van der Waals surface area contributed by atoms with Crippen molar-refractivity contribution in [2.75, 3.05) is 59.7 Å². The van der Waals surface area contributed by atoms with Crippen molar-refractivity contribution in [3.8, 4) is 17.2 Å². The van der Waals surface area contributed by atoms with Crippen molar-refractivity contribution in [2.24, 2.45) is 17.1 Å². The van der Waals surface area contributed by atoms with Gasteiger partial charge in [-0.05, 0) is 55.3 Å². The van der Waals surface area contributed by atoms with Crippen LogP contribution in [0, 0.1) is 11.3 Å². The van der Waals surface area contributed by atoms with E-state index in [-0.39, 0.29) is 30.6 Å². The van der Waals surface area contributed by atoms with Crippen molar-refractivity contribution < 1.29 is 33.7 Å². The highest BCUT2D eigenvalue weighted by Crippen LogP contribution is 2.47. The normalized spacial score (nSPS) is 23.0. The number of nitrogens with zero attached hydrogens (tertiary/aromatic N) is 3. The number of ether oxygens (including phenoxy) is 3. The Kier molecular flexibility index (Phi) is 10.6. The summed E-state index contributed by atoms with van der Waals surface area (Å²) in [7, 11) is 1.54. The van der Waals surface area contributed by atoms with Crippen LogP contribution >= 0.6 is 0 Å². The van der Waals surface area contributed by atoms with Gasteiger partial charge in [0.2, 0.25) is 24.4 Å². The number of likely N-dealkylation sites (tertiary alicyclic amines) is 2. The minimum atomic E-state index is -0.921. The average Bonchev–Trinajstić information content (AvgIpc) is 3.63. The minimum Gasteiger partial charge on any atom is -0.493 e. The molecule has 3 heterocycles. The smallest absolute Gasteiger partial charge is 0.308 e. The summed E-state index contributed by atoms with van der Waals surface area (Å²) in [5.74, 6) is -0.497. The SMILES string of the molecule is CCCCN(CCCCN)C(=O)CN1CC(c2cc(OC)c3c(c2)OCO3)C(C(=O)O)C1CCN1CC(C)(C)CC1=O. The van der Waals surface area contributed by atoms with Gasteiger partial charge in [0.15, 0.2) is 11.5 Å². The van der Waals surface area contributed by atoms with Crippen molar-refractivity contribution in [1.82, 2.24) is 14.7 Å². The van der Waals surface area contributed by atoms with Crippen LogP contribution in [0.3, 0.4) is 0 Å². The molecule has 234 valence electrons. The first kappa shape index (κ1) is 31.9. The third-order valence-corrected chi connectivity index (χ3v) is 8.79. The summed E-state index contributed by atoms with van der Waals surface area (Å²) in [5, 5.41) is 10.6. The quantitative estimate of drug-likeness (QED) is 0.297. The molecule has 2 fully saturated rings. The zero-order valence-corrected chi connectivity index (χ0v) is 25.6. The third-order valence-electron chi connectivity index (χ3n) is 8.79. The molecule has 0 aromatic heterocycles. The highest BCUT2D eigenvalue weighted by molar-refractivity contribution is 5.80. The number of carbonyl (C=O) groups excluding carboxylic acids is 2. The number of benzene rings is 1. The Hall–Kier alpha value is -3.05. The summed E-state index contributed by atoms with van der Waals surface area (Å²) < 4.78 is 16.8. The Morgan fingerprint density at radius 1 is 1.19 bits per heavy atom. The molecular weight excluding hydrogens is 540 g/mol. The second-order valence-corrected chi connectivity index (χ2v) is 12.6. The number of rotatable bonds is 15. The summed E-state index contributed by atoms with van der Waals surface area (Å²) in [6.45, 7) is 9.81. The van der Waals surface area contributed by atoms with Crippen LogP contribution in [0.25, 0.3) is 0 Å². The lowest BCUT2D eigenvalue weighted by Gasteiger charge is -2.31. The molecule has 3 unspecified atom stereocenters. The molecule has 0 aliphatic carbocycles. The van der Waals surface area contributed by atoms with Gasteiger partial charge < -0.3 is 34.9 Å². The maximum atomic E-state index is 13.7. The van der Waals surface area contributed by atoms with Gasteiger partial charge in [-0.25, -0.2) is 0 Å². The van der Waals surface area contributed by atoms with E-state index in [0.29, 0.717) is 69.4 Å². The zero-order valence-electron chi connectivity index (χ0n) is 25.6. The van der Waals surface area contributed by atoms with Gasteiger partial charge >= 0.3 is 5.97 Å². The molecule has 2 saturated heterocycles. The number of carboxylic acids is 1. The number of amides is 2. The van der Waals surface area contributed by atoms with E-state index in [1.54, 1.807) is 7.11 Å². The molecule has 3 aliphatic rings. The van der Waals surface area contributed by atoms with Crippen LogP contribution in [0.15, 0.2) is 12.1 Å². The van der Waals surface area contributed by atoms with Crippen LogP contribution in [-0.4, -0.2) is 103 Å². The molecule has 3 aliphatic heterocycles. The maximum absolute atomic E-state index is 13.7.